The number of nitro benzene ring substituents is 1. The predicted molar refractivity (Wildman–Crippen MR) is 130 cm³/mol. The monoisotopic (exact) mass is 509 g/mol. The average molecular weight is 509 g/mol. The van der Waals surface area contributed by atoms with Crippen molar-refractivity contribution in [1.29, 1.82) is 0 Å². The molecule has 10 nitrogen and oxygen atoms in total. The Morgan fingerprint density at radius 1 is 0.838 bits per heavy atom. The van der Waals surface area contributed by atoms with E-state index in [9.17, 15) is 34.0 Å². The minimum atomic E-state index is -1.36. The van der Waals surface area contributed by atoms with Gasteiger partial charge in [-0.15, -0.1) is 0 Å². The molecule has 11 heteroatoms. The highest BCUT2D eigenvalue weighted by atomic mass is 19.1. The third kappa shape index (κ3) is 8.42. The Morgan fingerprint density at radius 3 is 1.97 bits per heavy atom. The molecule has 37 heavy (non-hydrogen) atoms. The van der Waals surface area contributed by atoms with Gasteiger partial charge < -0.3 is 20.5 Å². The smallest absolute Gasteiger partial charge is 0.408 e. The molecular weight excluding hydrogens is 485 g/mol. The van der Waals surface area contributed by atoms with E-state index in [-0.39, 0.29) is 25.1 Å². The molecule has 0 unspecified atom stereocenters. The van der Waals surface area contributed by atoms with Gasteiger partial charge in [0.25, 0.3) is 5.69 Å². The molecule has 3 N–H and O–H groups in total. The number of nitro groups is 1. The summed E-state index contributed by atoms with van der Waals surface area (Å²) in [6, 6.07) is 16.8. The van der Waals surface area contributed by atoms with Gasteiger partial charge in [0.15, 0.2) is 0 Å². The second kappa shape index (κ2) is 12.8. The predicted octanol–water partition coefficient (Wildman–Crippen LogP) is 3.38. The van der Waals surface area contributed by atoms with E-state index in [1.807, 2.05) is 0 Å². The summed E-state index contributed by atoms with van der Waals surface area (Å²) >= 11 is 0. The summed E-state index contributed by atoms with van der Waals surface area (Å²) < 4.78 is 18.4. The first kappa shape index (κ1) is 26.8. The quantitative estimate of drug-likeness (QED) is 0.265. The minimum absolute atomic E-state index is 0.0547. The van der Waals surface area contributed by atoms with Crippen LogP contribution in [0.25, 0.3) is 0 Å². The number of carbonyl (C=O) groups excluding carboxylic acids is 2. The molecule has 0 spiro atoms. The molecule has 0 aliphatic heterocycles. The SMILES string of the molecule is O=C(N[C@@H](Cc1ccc([N+](=O)[O-])cc1)C(=O)N[C@@H](Cc1ccc(F)cc1)C(=O)O)OCc1ccccc1. The maximum Gasteiger partial charge on any atom is 0.408 e. The Hall–Kier alpha value is -4.80. The van der Waals surface area contributed by atoms with Crippen LogP contribution in [0.2, 0.25) is 0 Å². The van der Waals surface area contributed by atoms with Crippen molar-refractivity contribution in [3.8, 4) is 0 Å². The number of rotatable bonds is 11. The Morgan fingerprint density at radius 2 is 1.41 bits per heavy atom. The Balaban J connectivity index is 1.73. The number of carboxylic acids is 1. The van der Waals surface area contributed by atoms with Crippen LogP contribution in [0.1, 0.15) is 16.7 Å². The van der Waals surface area contributed by atoms with Gasteiger partial charge >= 0.3 is 12.1 Å². The van der Waals surface area contributed by atoms with Crippen molar-refractivity contribution >= 4 is 23.7 Å². The van der Waals surface area contributed by atoms with Crippen molar-refractivity contribution < 1.29 is 33.5 Å². The summed E-state index contributed by atoms with van der Waals surface area (Å²) in [5, 5.41) is 25.4. The number of benzene rings is 3. The van der Waals surface area contributed by atoms with Crippen LogP contribution in [0.3, 0.4) is 0 Å². The van der Waals surface area contributed by atoms with Gasteiger partial charge in [-0.3, -0.25) is 14.9 Å². The fraction of sp³-hybridized carbons (Fsp3) is 0.192. The van der Waals surface area contributed by atoms with Gasteiger partial charge in [-0.05, 0) is 28.8 Å². The number of halogens is 1. The molecule has 0 aromatic heterocycles. The molecule has 0 aliphatic carbocycles. The standard InChI is InChI=1S/C26H24FN3O7/c27-20-10-6-17(7-11-20)15-23(25(32)33)28-24(31)22(14-18-8-12-21(13-9-18)30(35)36)29-26(34)37-16-19-4-2-1-3-5-19/h1-13,22-23H,14-16H2,(H,28,31)(H,29,34)(H,32,33)/t22-,23-/m0/s1. The van der Waals surface area contributed by atoms with Gasteiger partial charge in [-0.25, -0.2) is 14.0 Å². The van der Waals surface area contributed by atoms with Gasteiger partial charge in [0.1, 0.15) is 24.5 Å². The highest BCUT2D eigenvalue weighted by Crippen LogP contribution is 2.14. The normalized spacial score (nSPS) is 12.1. The molecule has 3 rings (SSSR count). The van der Waals surface area contributed by atoms with Gasteiger partial charge in [0.05, 0.1) is 4.92 Å². The number of carboxylic acid groups (broad SMARTS) is 1. The highest BCUT2D eigenvalue weighted by Gasteiger charge is 2.28. The van der Waals surface area contributed by atoms with E-state index in [1.165, 1.54) is 48.5 Å². The molecule has 0 fully saturated rings. The van der Waals surface area contributed by atoms with Crippen molar-refractivity contribution in [2.24, 2.45) is 0 Å². The van der Waals surface area contributed by atoms with Gasteiger partial charge in [0, 0.05) is 25.0 Å². The number of non-ortho nitro benzene ring substituents is 1. The van der Waals surface area contributed by atoms with Crippen LogP contribution >= 0.6 is 0 Å². The molecule has 3 aromatic carbocycles. The number of nitrogens with zero attached hydrogens (tertiary/aromatic N) is 1. The maximum atomic E-state index is 13.2. The van der Waals surface area contributed by atoms with E-state index in [2.05, 4.69) is 10.6 Å². The van der Waals surface area contributed by atoms with E-state index < -0.39 is 40.8 Å². The lowest BCUT2D eigenvalue weighted by atomic mass is 10.0. The molecule has 2 atom stereocenters. The molecule has 2 amide bonds. The van der Waals surface area contributed by atoms with E-state index >= 15 is 0 Å². The van der Waals surface area contributed by atoms with Crippen LogP contribution in [-0.2, 0) is 33.8 Å². The molecule has 0 radical (unpaired) electrons. The lowest BCUT2D eigenvalue weighted by molar-refractivity contribution is -0.384. The van der Waals surface area contributed by atoms with Crippen molar-refractivity contribution in [1.82, 2.24) is 10.6 Å². The lowest BCUT2D eigenvalue weighted by Crippen LogP contribution is -2.53. The zero-order valence-electron chi connectivity index (χ0n) is 19.5. The van der Waals surface area contributed by atoms with Crippen LogP contribution in [-0.4, -0.2) is 40.1 Å². The van der Waals surface area contributed by atoms with Crippen molar-refractivity contribution in [3.05, 3.63) is 111 Å². The Kier molecular flexibility index (Phi) is 9.25. The first-order valence-electron chi connectivity index (χ1n) is 11.2. The van der Waals surface area contributed by atoms with Crippen molar-refractivity contribution in [2.75, 3.05) is 0 Å². The molecule has 192 valence electrons. The summed E-state index contributed by atoms with van der Waals surface area (Å²) in [6.07, 6.45) is -1.12. The van der Waals surface area contributed by atoms with Crippen LogP contribution < -0.4 is 10.6 Å². The van der Waals surface area contributed by atoms with E-state index in [0.717, 1.165) is 5.56 Å². The van der Waals surface area contributed by atoms with Crippen LogP contribution in [0.15, 0.2) is 78.9 Å². The average Bonchev–Trinajstić information content (AvgIpc) is 2.88. The Bertz CT molecular complexity index is 1240. The number of amides is 2. The molecule has 0 saturated heterocycles. The van der Waals surface area contributed by atoms with E-state index in [0.29, 0.717) is 11.1 Å². The number of ether oxygens (including phenoxy) is 1. The highest BCUT2D eigenvalue weighted by molar-refractivity contribution is 5.89. The van der Waals surface area contributed by atoms with Gasteiger partial charge in [-0.1, -0.05) is 54.6 Å². The summed E-state index contributed by atoms with van der Waals surface area (Å²) in [6.45, 7) is -0.0547. The second-order valence-corrected chi connectivity index (χ2v) is 8.12. The minimum Gasteiger partial charge on any atom is -0.480 e. The molecule has 0 saturated carbocycles. The largest absolute Gasteiger partial charge is 0.480 e. The number of hydrogen-bond acceptors (Lipinski definition) is 6. The summed E-state index contributed by atoms with van der Waals surface area (Å²) in [5.41, 5.74) is 1.54. The number of hydrogen-bond donors (Lipinski definition) is 3. The third-order valence-electron chi connectivity index (χ3n) is 5.38. The van der Waals surface area contributed by atoms with Crippen LogP contribution in [0, 0.1) is 15.9 Å². The van der Waals surface area contributed by atoms with Crippen molar-refractivity contribution in [3.63, 3.8) is 0 Å². The molecule has 0 bridgehead atoms. The van der Waals surface area contributed by atoms with E-state index in [4.69, 9.17) is 4.74 Å². The maximum absolute atomic E-state index is 13.2. The summed E-state index contributed by atoms with van der Waals surface area (Å²) in [5.74, 6) is -2.61. The third-order valence-corrected chi connectivity index (χ3v) is 5.38. The summed E-state index contributed by atoms with van der Waals surface area (Å²) in [4.78, 5) is 47.7. The second-order valence-electron chi connectivity index (χ2n) is 8.12. The molecule has 0 heterocycles. The van der Waals surface area contributed by atoms with Gasteiger partial charge in [-0.2, -0.15) is 0 Å². The lowest BCUT2D eigenvalue weighted by Gasteiger charge is -2.21. The van der Waals surface area contributed by atoms with E-state index in [1.54, 1.807) is 30.3 Å². The number of alkyl carbamates (subject to hydrolysis) is 1. The molecular formula is C26H24FN3O7. The Labute approximate surface area is 211 Å². The zero-order chi connectivity index (χ0) is 26.8. The first-order valence-corrected chi connectivity index (χ1v) is 11.2. The van der Waals surface area contributed by atoms with Crippen molar-refractivity contribution in [2.45, 2.75) is 31.5 Å². The molecule has 3 aromatic rings. The van der Waals surface area contributed by atoms with Crippen LogP contribution in [0.5, 0.6) is 0 Å². The summed E-state index contributed by atoms with van der Waals surface area (Å²) in [7, 11) is 0. The molecule has 0 aliphatic rings. The fourth-order valence-electron chi connectivity index (χ4n) is 3.43. The first-order chi connectivity index (χ1) is 17.7. The van der Waals surface area contributed by atoms with Gasteiger partial charge in [0.2, 0.25) is 5.91 Å². The fourth-order valence-corrected chi connectivity index (χ4v) is 3.43. The number of aliphatic carboxylic acids is 1. The topological polar surface area (TPSA) is 148 Å². The number of carbonyl (C=O) groups is 3. The number of nitrogens with one attached hydrogen (secondary N) is 2. The van der Waals surface area contributed by atoms with Crippen LogP contribution in [0.4, 0.5) is 14.9 Å². The zero-order valence-corrected chi connectivity index (χ0v) is 19.5.